The number of nitro benzene ring substituents is 1. The Morgan fingerprint density at radius 3 is 2.36 bits per heavy atom. The number of nitrogens with one attached hydrogen (secondary N) is 1. The number of piperazine rings is 1. The molecule has 148 valence electrons. The van der Waals surface area contributed by atoms with E-state index < -0.39 is 14.9 Å². The van der Waals surface area contributed by atoms with Crippen molar-refractivity contribution in [2.24, 2.45) is 0 Å². The highest BCUT2D eigenvalue weighted by Gasteiger charge is 2.30. The van der Waals surface area contributed by atoms with Crippen LogP contribution < -0.4 is 5.32 Å². The van der Waals surface area contributed by atoms with Crippen LogP contribution in [-0.2, 0) is 16.6 Å². The van der Waals surface area contributed by atoms with Gasteiger partial charge < -0.3 is 10.2 Å². The number of hydrogen-bond donors (Lipinski definition) is 1. The first-order valence-corrected chi connectivity index (χ1v) is 10.1. The van der Waals surface area contributed by atoms with E-state index in [1.54, 1.807) is 4.90 Å². The van der Waals surface area contributed by atoms with Crippen molar-refractivity contribution in [3.8, 4) is 0 Å². The predicted molar refractivity (Wildman–Crippen MR) is 102 cm³/mol. The van der Waals surface area contributed by atoms with Gasteiger partial charge in [0.15, 0.2) is 0 Å². The van der Waals surface area contributed by atoms with Crippen LogP contribution in [0.5, 0.6) is 0 Å². The van der Waals surface area contributed by atoms with Crippen molar-refractivity contribution in [2.45, 2.75) is 11.4 Å². The van der Waals surface area contributed by atoms with Crippen molar-refractivity contribution in [1.82, 2.24) is 14.5 Å². The summed E-state index contributed by atoms with van der Waals surface area (Å²) in [4.78, 5) is 24.0. The molecule has 2 aromatic rings. The lowest BCUT2D eigenvalue weighted by molar-refractivity contribution is -0.385. The minimum Gasteiger partial charge on any atom is -0.334 e. The lowest BCUT2D eigenvalue weighted by Gasteiger charge is -2.34. The van der Waals surface area contributed by atoms with E-state index in [4.69, 9.17) is 0 Å². The van der Waals surface area contributed by atoms with Gasteiger partial charge in [-0.1, -0.05) is 36.4 Å². The molecule has 3 rings (SSSR count). The maximum atomic E-state index is 12.7. The van der Waals surface area contributed by atoms with E-state index in [0.29, 0.717) is 6.54 Å². The largest absolute Gasteiger partial charge is 0.334 e. The van der Waals surface area contributed by atoms with Crippen molar-refractivity contribution in [2.75, 3.05) is 26.2 Å². The first kappa shape index (κ1) is 19.8. The summed E-state index contributed by atoms with van der Waals surface area (Å²) in [7, 11) is -3.85. The van der Waals surface area contributed by atoms with Gasteiger partial charge in [0.1, 0.15) is 0 Å². The normalized spacial score (nSPS) is 15.2. The maximum Gasteiger partial charge on any atom is 0.317 e. The molecule has 0 aromatic heterocycles. The second-order valence-electron chi connectivity index (χ2n) is 6.29. The number of amides is 2. The van der Waals surface area contributed by atoms with Crippen LogP contribution in [0, 0.1) is 10.1 Å². The van der Waals surface area contributed by atoms with Crippen molar-refractivity contribution in [1.29, 1.82) is 0 Å². The molecule has 1 saturated heterocycles. The van der Waals surface area contributed by atoms with E-state index in [9.17, 15) is 23.3 Å². The molecule has 2 aromatic carbocycles. The zero-order valence-corrected chi connectivity index (χ0v) is 15.8. The maximum absolute atomic E-state index is 12.7. The van der Waals surface area contributed by atoms with E-state index in [-0.39, 0.29) is 42.8 Å². The minimum absolute atomic E-state index is 0.122. The van der Waals surface area contributed by atoms with Crippen LogP contribution in [0.3, 0.4) is 0 Å². The van der Waals surface area contributed by atoms with Crippen LogP contribution in [0.4, 0.5) is 10.5 Å². The van der Waals surface area contributed by atoms with Gasteiger partial charge in [-0.15, -0.1) is 0 Å². The summed E-state index contributed by atoms with van der Waals surface area (Å²) in [5.74, 6) is 0. The highest BCUT2D eigenvalue weighted by Crippen LogP contribution is 2.22. The highest BCUT2D eigenvalue weighted by molar-refractivity contribution is 7.89. The number of urea groups is 1. The number of hydrogen-bond acceptors (Lipinski definition) is 5. The summed E-state index contributed by atoms with van der Waals surface area (Å²) in [6.45, 7) is 1.14. The number of rotatable bonds is 5. The molecule has 0 radical (unpaired) electrons. The zero-order valence-electron chi connectivity index (χ0n) is 15.0. The summed E-state index contributed by atoms with van der Waals surface area (Å²) in [5.41, 5.74) is 0.697. The van der Waals surface area contributed by atoms with Crippen molar-refractivity contribution >= 4 is 21.7 Å². The molecule has 1 fully saturated rings. The molecule has 1 aliphatic heterocycles. The predicted octanol–water partition coefficient (Wildman–Crippen LogP) is 1.81. The number of sulfonamides is 1. The third-order valence-corrected chi connectivity index (χ3v) is 6.37. The quantitative estimate of drug-likeness (QED) is 0.603. The van der Waals surface area contributed by atoms with Gasteiger partial charge in [0.25, 0.3) is 5.69 Å². The third-order valence-electron chi connectivity index (χ3n) is 4.48. The van der Waals surface area contributed by atoms with E-state index in [0.717, 1.165) is 11.6 Å². The Morgan fingerprint density at radius 1 is 1.04 bits per heavy atom. The highest BCUT2D eigenvalue weighted by atomic mass is 32.2. The van der Waals surface area contributed by atoms with Gasteiger partial charge in [0.2, 0.25) is 10.0 Å². The number of nitro groups is 1. The number of non-ortho nitro benzene ring substituents is 1. The topological polar surface area (TPSA) is 113 Å². The molecule has 0 aliphatic carbocycles. The summed E-state index contributed by atoms with van der Waals surface area (Å²) < 4.78 is 26.7. The van der Waals surface area contributed by atoms with E-state index in [1.807, 2.05) is 30.3 Å². The van der Waals surface area contributed by atoms with Crippen LogP contribution in [0.25, 0.3) is 0 Å². The molecule has 28 heavy (non-hydrogen) atoms. The fraction of sp³-hybridized carbons (Fsp3) is 0.278. The first-order valence-electron chi connectivity index (χ1n) is 8.69. The van der Waals surface area contributed by atoms with Crippen molar-refractivity contribution in [3.05, 3.63) is 70.3 Å². The molecule has 2 amide bonds. The zero-order chi connectivity index (χ0) is 20.1. The Hall–Kier alpha value is -2.98. The minimum atomic E-state index is -3.85. The second kappa shape index (κ2) is 8.36. The molecule has 9 nitrogen and oxygen atoms in total. The molecule has 0 spiro atoms. The molecular weight excluding hydrogens is 384 g/mol. The fourth-order valence-electron chi connectivity index (χ4n) is 2.92. The number of nitrogens with zero attached hydrogens (tertiary/aromatic N) is 3. The Balaban J connectivity index is 1.59. The van der Waals surface area contributed by atoms with Gasteiger partial charge in [-0.25, -0.2) is 13.2 Å². The van der Waals surface area contributed by atoms with Crippen LogP contribution in [-0.4, -0.2) is 54.8 Å². The van der Waals surface area contributed by atoms with Gasteiger partial charge >= 0.3 is 6.03 Å². The average Bonchev–Trinajstić information content (AvgIpc) is 2.73. The van der Waals surface area contributed by atoms with Crippen LogP contribution in [0.1, 0.15) is 5.56 Å². The van der Waals surface area contributed by atoms with E-state index in [2.05, 4.69) is 5.32 Å². The van der Waals surface area contributed by atoms with E-state index in [1.165, 1.54) is 22.5 Å². The SMILES string of the molecule is O=C(NCc1ccccc1)N1CCN(S(=O)(=O)c2cccc([N+](=O)[O-])c2)CC1. The summed E-state index contributed by atoms with van der Waals surface area (Å²) in [5, 5.41) is 13.7. The molecule has 1 N–H and O–H groups in total. The van der Waals surface area contributed by atoms with Crippen LogP contribution in [0.15, 0.2) is 59.5 Å². The summed E-state index contributed by atoms with van der Waals surface area (Å²) in [6.07, 6.45) is 0. The smallest absolute Gasteiger partial charge is 0.317 e. The average molecular weight is 404 g/mol. The Bertz CT molecular complexity index is 957. The fourth-order valence-corrected chi connectivity index (χ4v) is 4.39. The van der Waals surface area contributed by atoms with Gasteiger partial charge in [0.05, 0.1) is 9.82 Å². The lowest BCUT2D eigenvalue weighted by Crippen LogP contribution is -2.52. The molecule has 0 atom stereocenters. The summed E-state index contributed by atoms with van der Waals surface area (Å²) >= 11 is 0. The Labute approximate surface area is 162 Å². The molecular formula is C18H20N4O5S. The molecule has 0 saturated carbocycles. The molecule has 0 unspecified atom stereocenters. The molecule has 1 heterocycles. The van der Waals surface area contributed by atoms with Gasteiger partial charge in [-0.05, 0) is 11.6 Å². The van der Waals surface area contributed by atoms with Gasteiger partial charge in [0, 0.05) is 44.9 Å². The number of benzene rings is 2. The number of carbonyl (C=O) groups excluding carboxylic acids is 1. The van der Waals surface area contributed by atoms with Crippen molar-refractivity contribution in [3.63, 3.8) is 0 Å². The Morgan fingerprint density at radius 2 is 1.71 bits per heavy atom. The molecule has 0 bridgehead atoms. The monoisotopic (exact) mass is 404 g/mol. The van der Waals surface area contributed by atoms with Gasteiger partial charge in [-0.3, -0.25) is 10.1 Å². The lowest BCUT2D eigenvalue weighted by atomic mass is 10.2. The molecule has 10 heteroatoms. The standard InChI is InChI=1S/C18H20N4O5S/c23-18(19-14-15-5-2-1-3-6-15)20-9-11-21(12-10-20)28(26,27)17-8-4-7-16(13-17)22(24)25/h1-8,13H,9-12,14H2,(H,19,23). The van der Waals surface area contributed by atoms with E-state index >= 15 is 0 Å². The third kappa shape index (κ3) is 4.46. The van der Waals surface area contributed by atoms with Crippen molar-refractivity contribution < 1.29 is 18.1 Å². The second-order valence-corrected chi connectivity index (χ2v) is 8.23. The number of carbonyl (C=O) groups is 1. The Kier molecular flexibility index (Phi) is 5.90. The summed E-state index contributed by atoms with van der Waals surface area (Å²) in [6, 6.07) is 14.2. The molecule has 1 aliphatic rings. The first-order chi connectivity index (χ1) is 13.4. The van der Waals surface area contributed by atoms with Crippen LogP contribution in [0.2, 0.25) is 0 Å². The van der Waals surface area contributed by atoms with Crippen LogP contribution >= 0.6 is 0 Å². The van der Waals surface area contributed by atoms with Gasteiger partial charge in [-0.2, -0.15) is 4.31 Å².